The summed E-state index contributed by atoms with van der Waals surface area (Å²) < 4.78 is 25.8. The molecule has 0 aliphatic heterocycles. The van der Waals surface area contributed by atoms with Crippen molar-refractivity contribution in [3.63, 3.8) is 0 Å². The van der Waals surface area contributed by atoms with Crippen LogP contribution in [0.1, 0.15) is 5.56 Å². The molecular formula is C14H11ClF2N2O. The molecule has 6 heteroatoms. The second-order valence-corrected chi connectivity index (χ2v) is 4.60. The van der Waals surface area contributed by atoms with E-state index in [1.807, 2.05) is 6.92 Å². The van der Waals surface area contributed by atoms with Gasteiger partial charge < -0.3 is 10.6 Å². The first-order chi connectivity index (χ1) is 9.45. The van der Waals surface area contributed by atoms with Gasteiger partial charge in [-0.15, -0.1) is 0 Å². The molecule has 0 spiro atoms. The molecule has 3 nitrogen and oxygen atoms in total. The second-order valence-electron chi connectivity index (χ2n) is 4.17. The lowest BCUT2D eigenvalue weighted by Gasteiger charge is -2.10. The normalized spacial score (nSPS) is 10.2. The Balaban J connectivity index is 2.09. The predicted molar refractivity (Wildman–Crippen MR) is 75.2 cm³/mol. The van der Waals surface area contributed by atoms with Crippen LogP contribution in [0.3, 0.4) is 0 Å². The van der Waals surface area contributed by atoms with Crippen LogP contribution in [-0.4, -0.2) is 6.03 Å². The van der Waals surface area contributed by atoms with E-state index in [4.69, 9.17) is 11.6 Å². The van der Waals surface area contributed by atoms with Gasteiger partial charge in [-0.2, -0.15) is 0 Å². The zero-order valence-corrected chi connectivity index (χ0v) is 11.3. The summed E-state index contributed by atoms with van der Waals surface area (Å²) in [5, 5.41) is 5.47. The maximum atomic E-state index is 13.0. The van der Waals surface area contributed by atoms with Crippen molar-refractivity contribution in [3.8, 4) is 0 Å². The predicted octanol–water partition coefficient (Wildman–Crippen LogP) is 4.57. The Bertz CT molecular complexity index is 662. The van der Waals surface area contributed by atoms with Crippen molar-refractivity contribution in [3.05, 3.63) is 58.6 Å². The Morgan fingerprint density at radius 2 is 1.80 bits per heavy atom. The molecule has 2 aromatic rings. The average molecular weight is 297 g/mol. The molecule has 0 aliphatic rings. The summed E-state index contributed by atoms with van der Waals surface area (Å²) in [6.07, 6.45) is 0. The lowest BCUT2D eigenvalue weighted by Crippen LogP contribution is -2.20. The first-order valence-corrected chi connectivity index (χ1v) is 6.13. The largest absolute Gasteiger partial charge is 0.323 e. The molecule has 0 fully saturated rings. The van der Waals surface area contributed by atoms with E-state index in [1.54, 1.807) is 18.2 Å². The number of carbonyl (C=O) groups excluding carboxylic acids is 1. The Morgan fingerprint density at radius 1 is 1.05 bits per heavy atom. The Kier molecular flexibility index (Phi) is 4.20. The van der Waals surface area contributed by atoms with Crippen LogP contribution in [-0.2, 0) is 0 Å². The second kappa shape index (κ2) is 5.88. The summed E-state index contributed by atoms with van der Waals surface area (Å²) in [5.41, 5.74) is 1.52. The van der Waals surface area contributed by atoms with Crippen LogP contribution >= 0.6 is 11.6 Å². The fourth-order valence-corrected chi connectivity index (χ4v) is 1.76. The SMILES string of the molecule is Cc1ccc(Cl)cc1NC(=O)Nc1ccc(F)c(F)c1. The number of urea groups is 1. The summed E-state index contributed by atoms with van der Waals surface area (Å²) in [6, 6.07) is 7.60. The van der Waals surface area contributed by atoms with Crippen molar-refractivity contribution in [1.82, 2.24) is 0 Å². The topological polar surface area (TPSA) is 41.1 Å². The average Bonchev–Trinajstić information content (AvgIpc) is 2.38. The van der Waals surface area contributed by atoms with Gasteiger partial charge in [0, 0.05) is 22.5 Å². The van der Waals surface area contributed by atoms with Gasteiger partial charge in [-0.3, -0.25) is 0 Å². The smallest absolute Gasteiger partial charge is 0.308 e. The van der Waals surface area contributed by atoms with Crippen molar-refractivity contribution < 1.29 is 13.6 Å². The van der Waals surface area contributed by atoms with E-state index in [0.29, 0.717) is 10.7 Å². The third kappa shape index (κ3) is 3.45. The van der Waals surface area contributed by atoms with E-state index in [2.05, 4.69) is 10.6 Å². The molecule has 0 atom stereocenters. The fourth-order valence-electron chi connectivity index (χ4n) is 1.59. The number of hydrogen-bond donors (Lipinski definition) is 2. The van der Waals surface area contributed by atoms with E-state index in [9.17, 15) is 13.6 Å². The maximum Gasteiger partial charge on any atom is 0.323 e. The van der Waals surface area contributed by atoms with E-state index in [-0.39, 0.29) is 5.69 Å². The molecular weight excluding hydrogens is 286 g/mol. The Labute approximate surface area is 119 Å². The van der Waals surface area contributed by atoms with Gasteiger partial charge in [0.1, 0.15) is 0 Å². The first-order valence-electron chi connectivity index (χ1n) is 5.75. The van der Waals surface area contributed by atoms with Crippen molar-refractivity contribution in [2.45, 2.75) is 6.92 Å². The molecule has 2 amide bonds. The molecule has 0 aliphatic carbocycles. The molecule has 0 saturated carbocycles. The molecule has 2 N–H and O–H groups in total. The molecule has 0 aromatic heterocycles. The summed E-state index contributed by atoms with van der Waals surface area (Å²) in [5.74, 6) is -2.00. The van der Waals surface area contributed by atoms with Gasteiger partial charge in [0.15, 0.2) is 11.6 Å². The maximum absolute atomic E-state index is 13.0. The number of aryl methyl sites for hydroxylation is 1. The molecule has 0 radical (unpaired) electrons. The standard InChI is InChI=1S/C14H11ClF2N2O/c1-8-2-3-9(15)6-13(8)19-14(20)18-10-4-5-11(16)12(17)7-10/h2-7H,1H3,(H2,18,19,20). The Hall–Kier alpha value is -2.14. The molecule has 0 heterocycles. The molecule has 0 saturated heterocycles. The van der Waals surface area contributed by atoms with Crippen LogP contribution in [0.15, 0.2) is 36.4 Å². The van der Waals surface area contributed by atoms with Crippen molar-refractivity contribution in [2.24, 2.45) is 0 Å². The van der Waals surface area contributed by atoms with E-state index < -0.39 is 17.7 Å². The van der Waals surface area contributed by atoms with Gasteiger partial charge >= 0.3 is 6.03 Å². The molecule has 104 valence electrons. The molecule has 2 rings (SSSR count). The number of amides is 2. The highest BCUT2D eigenvalue weighted by Crippen LogP contribution is 2.20. The number of anilines is 2. The van der Waals surface area contributed by atoms with Crippen LogP contribution in [0.4, 0.5) is 25.0 Å². The van der Waals surface area contributed by atoms with Crippen molar-refractivity contribution in [1.29, 1.82) is 0 Å². The zero-order chi connectivity index (χ0) is 14.7. The van der Waals surface area contributed by atoms with E-state index in [1.165, 1.54) is 6.07 Å². The third-order valence-electron chi connectivity index (χ3n) is 2.63. The molecule has 2 aromatic carbocycles. The van der Waals surface area contributed by atoms with Gasteiger partial charge in [0.25, 0.3) is 0 Å². The van der Waals surface area contributed by atoms with Crippen LogP contribution in [0.2, 0.25) is 5.02 Å². The number of nitrogens with one attached hydrogen (secondary N) is 2. The highest BCUT2D eigenvalue weighted by Gasteiger charge is 2.08. The van der Waals surface area contributed by atoms with E-state index in [0.717, 1.165) is 17.7 Å². The monoisotopic (exact) mass is 296 g/mol. The van der Waals surface area contributed by atoms with Gasteiger partial charge in [-0.05, 0) is 36.8 Å². The molecule has 20 heavy (non-hydrogen) atoms. The van der Waals surface area contributed by atoms with E-state index >= 15 is 0 Å². The van der Waals surface area contributed by atoms with Crippen molar-refractivity contribution in [2.75, 3.05) is 10.6 Å². The molecule has 0 unspecified atom stereocenters. The number of halogens is 3. The summed E-state index contributed by atoms with van der Waals surface area (Å²) in [6.45, 7) is 1.81. The van der Waals surface area contributed by atoms with Crippen LogP contribution in [0.25, 0.3) is 0 Å². The van der Waals surface area contributed by atoms with Crippen LogP contribution < -0.4 is 10.6 Å². The number of rotatable bonds is 2. The fraction of sp³-hybridized carbons (Fsp3) is 0.0714. The third-order valence-corrected chi connectivity index (χ3v) is 2.86. The molecule has 0 bridgehead atoms. The summed E-state index contributed by atoms with van der Waals surface area (Å²) in [7, 11) is 0. The van der Waals surface area contributed by atoms with Crippen molar-refractivity contribution >= 4 is 29.0 Å². The summed E-state index contributed by atoms with van der Waals surface area (Å²) >= 11 is 5.84. The number of hydrogen-bond acceptors (Lipinski definition) is 1. The van der Waals surface area contributed by atoms with Gasteiger partial charge in [0.2, 0.25) is 0 Å². The highest BCUT2D eigenvalue weighted by molar-refractivity contribution is 6.31. The highest BCUT2D eigenvalue weighted by atomic mass is 35.5. The van der Waals surface area contributed by atoms with Gasteiger partial charge in [0.05, 0.1) is 0 Å². The minimum atomic E-state index is -1.03. The zero-order valence-electron chi connectivity index (χ0n) is 10.5. The minimum Gasteiger partial charge on any atom is -0.308 e. The van der Waals surface area contributed by atoms with Crippen LogP contribution in [0, 0.1) is 18.6 Å². The lowest BCUT2D eigenvalue weighted by molar-refractivity contribution is 0.262. The lowest BCUT2D eigenvalue weighted by atomic mass is 10.2. The first kappa shape index (κ1) is 14.3. The summed E-state index contributed by atoms with van der Waals surface area (Å²) in [4.78, 5) is 11.8. The van der Waals surface area contributed by atoms with Gasteiger partial charge in [-0.1, -0.05) is 17.7 Å². The van der Waals surface area contributed by atoms with Crippen LogP contribution in [0.5, 0.6) is 0 Å². The minimum absolute atomic E-state index is 0.154. The van der Waals surface area contributed by atoms with Gasteiger partial charge in [-0.25, -0.2) is 13.6 Å². The quantitative estimate of drug-likeness (QED) is 0.837. The Morgan fingerprint density at radius 3 is 2.50 bits per heavy atom. The number of carbonyl (C=O) groups is 1. The number of benzene rings is 2.